The van der Waals surface area contributed by atoms with Crippen LogP contribution < -0.4 is 10.2 Å². The minimum Gasteiger partial charge on any atom is -0.367 e. The molecule has 1 fully saturated rings. The van der Waals surface area contributed by atoms with Gasteiger partial charge in [-0.1, -0.05) is 26.0 Å². The van der Waals surface area contributed by atoms with Crippen LogP contribution in [0.3, 0.4) is 0 Å². The van der Waals surface area contributed by atoms with Gasteiger partial charge in [0.2, 0.25) is 5.91 Å². The van der Waals surface area contributed by atoms with E-state index in [1.807, 2.05) is 24.0 Å². The Hall–Kier alpha value is -1.62. The molecule has 0 bridgehead atoms. The van der Waals surface area contributed by atoms with Crippen LogP contribution in [-0.2, 0) is 4.79 Å². The quantitative estimate of drug-likeness (QED) is 0.905. The first-order chi connectivity index (χ1) is 10.5. The van der Waals surface area contributed by atoms with E-state index < -0.39 is 0 Å². The molecule has 122 valence electrons. The Morgan fingerprint density at radius 1 is 1.18 bits per heavy atom. The molecular formula is C17H26FN3O. The van der Waals surface area contributed by atoms with Gasteiger partial charge in [-0.25, -0.2) is 4.39 Å². The third-order valence-corrected chi connectivity index (χ3v) is 4.12. The summed E-state index contributed by atoms with van der Waals surface area (Å²) in [5.74, 6) is 0.348. The van der Waals surface area contributed by atoms with E-state index in [0.29, 0.717) is 18.2 Å². The summed E-state index contributed by atoms with van der Waals surface area (Å²) in [6.07, 6.45) is 0. The van der Waals surface area contributed by atoms with E-state index in [4.69, 9.17) is 0 Å². The molecule has 1 heterocycles. The minimum absolute atomic E-state index is 0.0769. The molecule has 1 atom stereocenters. The summed E-state index contributed by atoms with van der Waals surface area (Å²) in [5, 5.41) is 2.98. The minimum atomic E-state index is -0.182. The predicted molar refractivity (Wildman–Crippen MR) is 87.5 cm³/mol. The van der Waals surface area contributed by atoms with Crippen LogP contribution in [0.25, 0.3) is 0 Å². The van der Waals surface area contributed by atoms with Crippen molar-refractivity contribution in [2.75, 3.05) is 37.6 Å². The molecule has 2 rings (SSSR count). The summed E-state index contributed by atoms with van der Waals surface area (Å²) in [7, 11) is 0. The molecule has 0 spiro atoms. The molecule has 1 aliphatic rings. The maximum Gasteiger partial charge on any atom is 0.237 e. The summed E-state index contributed by atoms with van der Waals surface area (Å²) in [4.78, 5) is 16.3. The normalized spacial score (nSPS) is 17.6. The standard InChI is InChI=1S/C17H26FN3O/c1-13(2)12-19-17(22)14(3)20-8-10-21(11-9-20)16-7-5-4-6-15(16)18/h4-7,13-14H,8-12H2,1-3H3,(H,19,22)/t14-/m0/s1. The fraction of sp³-hybridized carbons (Fsp3) is 0.588. The van der Waals surface area contributed by atoms with Crippen LogP contribution in [0.4, 0.5) is 10.1 Å². The number of carbonyl (C=O) groups excluding carboxylic acids is 1. The van der Waals surface area contributed by atoms with Crippen LogP contribution in [0.1, 0.15) is 20.8 Å². The molecule has 0 saturated carbocycles. The molecule has 0 aromatic heterocycles. The Morgan fingerprint density at radius 3 is 2.41 bits per heavy atom. The zero-order valence-electron chi connectivity index (χ0n) is 13.7. The second kappa shape index (κ2) is 7.58. The lowest BCUT2D eigenvalue weighted by molar-refractivity contribution is -0.126. The van der Waals surface area contributed by atoms with Crippen LogP contribution in [0.2, 0.25) is 0 Å². The summed E-state index contributed by atoms with van der Waals surface area (Å²) in [5.41, 5.74) is 0.652. The van der Waals surface area contributed by atoms with E-state index >= 15 is 0 Å². The van der Waals surface area contributed by atoms with Crippen molar-refractivity contribution in [3.63, 3.8) is 0 Å². The number of para-hydroxylation sites is 1. The third kappa shape index (κ3) is 4.19. The van der Waals surface area contributed by atoms with Crippen molar-refractivity contribution in [1.82, 2.24) is 10.2 Å². The first kappa shape index (κ1) is 16.7. The van der Waals surface area contributed by atoms with E-state index in [0.717, 1.165) is 26.2 Å². The SMILES string of the molecule is CC(C)CNC(=O)[C@H](C)N1CCN(c2ccccc2F)CC1. The van der Waals surface area contributed by atoms with Gasteiger partial charge in [0.15, 0.2) is 0 Å². The van der Waals surface area contributed by atoms with Crippen LogP contribution in [0, 0.1) is 11.7 Å². The highest BCUT2D eigenvalue weighted by molar-refractivity contribution is 5.81. The Bertz CT molecular complexity index is 498. The fourth-order valence-electron chi connectivity index (χ4n) is 2.68. The number of nitrogens with zero attached hydrogens (tertiary/aromatic N) is 2. The second-order valence-electron chi connectivity index (χ2n) is 6.29. The zero-order valence-corrected chi connectivity index (χ0v) is 13.7. The topological polar surface area (TPSA) is 35.6 Å². The second-order valence-corrected chi connectivity index (χ2v) is 6.29. The lowest BCUT2D eigenvalue weighted by atomic mass is 10.1. The van der Waals surface area contributed by atoms with Crippen LogP contribution in [-0.4, -0.2) is 49.6 Å². The molecule has 22 heavy (non-hydrogen) atoms. The monoisotopic (exact) mass is 307 g/mol. The molecule has 1 saturated heterocycles. The maximum atomic E-state index is 13.8. The van der Waals surface area contributed by atoms with Crippen molar-refractivity contribution in [2.24, 2.45) is 5.92 Å². The van der Waals surface area contributed by atoms with Gasteiger partial charge in [0.1, 0.15) is 5.82 Å². The zero-order chi connectivity index (χ0) is 16.1. The van der Waals surface area contributed by atoms with Crippen LogP contribution in [0.5, 0.6) is 0 Å². The summed E-state index contributed by atoms with van der Waals surface area (Å²) in [6, 6.07) is 6.72. The summed E-state index contributed by atoms with van der Waals surface area (Å²) >= 11 is 0. The van der Waals surface area contributed by atoms with Crippen molar-refractivity contribution in [1.29, 1.82) is 0 Å². The summed E-state index contributed by atoms with van der Waals surface area (Å²) < 4.78 is 13.8. The molecule has 1 amide bonds. The van der Waals surface area contributed by atoms with Gasteiger partial charge in [-0.2, -0.15) is 0 Å². The van der Waals surface area contributed by atoms with Gasteiger partial charge in [0.25, 0.3) is 0 Å². The lowest BCUT2D eigenvalue weighted by Gasteiger charge is -2.38. The lowest BCUT2D eigenvalue weighted by Crippen LogP contribution is -2.54. The Labute approximate surface area is 132 Å². The van der Waals surface area contributed by atoms with Crippen molar-refractivity contribution in [3.8, 4) is 0 Å². The number of benzene rings is 1. The number of hydrogen-bond donors (Lipinski definition) is 1. The van der Waals surface area contributed by atoms with Crippen LogP contribution in [0.15, 0.2) is 24.3 Å². The highest BCUT2D eigenvalue weighted by Gasteiger charge is 2.26. The van der Waals surface area contributed by atoms with E-state index in [1.54, 1.807) is 6.07 Å². The molecular weight excluding hydrogens is 281 g/mol. The van der Waals surface area contributed by atoms with Gasteiger partial charge in [-0.3, -0.25) is 9.69 Å². The first-order valence-corrected chi connectivity index (χ1v) is 8.00. The molecule has 1 N–H and O–H groups in total. The maximum absolute atomic E-state index is 13.8. The molecule has 1 aromatic rings. The number of piperazine rings is 1. The van der Waals surface area contributed by atoms with E-state index in [1.165, 1.54) is 6.07 Å². The highest BCUT2D eigenvalue weighted by Crippen LogP contribution is 2.20. The Balaban J connectivity index is 1.86. The van der Waals surface area contributed by atoms with Crippen molar-refractivity contribution >= 4 is 11.6 Å². The van der Waals surface area contributed by atoms with E-state index in [2.05, 4.69) is 24.1 Å². The number of hydrogen-bond acceptors (Lipinski definition) is 3. The molecule has 0 aliphatic carbocycles. The molecule has 1 aromatic carbocycles. The van der Waals surface area contributed by atoms with Crippen molar-refractivity contribution in [2.45, 2.75) is 26.8 Å². The van der Waals surface area contributed by atoms with Gasteiger partial charge in [-0.15, -0.1) is 0 Å². The number of carbonyl (C=O) groups is 1. The average Bonchev–Trinajstić information content (AvgIpc) is 2.52. The van der Waals surface area contributed by atoms with Gasteiger partial charge < -0.3 is 10.2 Å². The predicted octanol–water partition coefficient (Wildman–Crippen LogP) is 2.11. The molecule has 4 nitrogen and oxygen atoms in total. The van der Waals surface area contributed by atoms with Gasteiger partial charge in [-0.05, 0) is 25.0 Å². The molecule has 0 radical (unpaired) electrons. The van der Waals surface area contributed by atoms with Crippen molar-refractivity contribution < 1.29 is 9.18 Å². The number of nitrogens with one attached hydrogen (secondary N) is 1. The smallest absolute Gasteiger partial charge is 0.237 e. The fourth-order valence-corrected chi connectivity index (χ4v) is 2.68. The van der Waals surface area contributed by atoms with Gasteiger partial charge in [0.05, 0.1) is 11.7 Å². The van der Waals surface area contributed by atoms with E-state index in [-0.39, 0.29) is 17.8 Å². The Kier molecular flexibility index (Phi) is 5.77. The number of rotatable bonds is 5. The van der Waals surface area contributed by atoms with Crippen molar-refractivity contribution in [3.05, 3.63) is 30.1 Å². The van der Waals surface area contributed by atoms with Gasteiger partial charge >= 0.3 is 0 Å². The van der Waals surface area contributed by atoms with E-state index in [9.17, 15) is 9.18 Å². The molecule has 5 heteroatoms. The molecule has 1 aliphatic heterocycles. The molecule has 0 unspecified atom stereocenters. The first-order valence-electron chi connectivity index (χ1n) is 8.00. The number of amides is 1. The van der Waals surface area contributed by atoms with Crippen LogP contribution >= 0.6 is 0 Å². The van der Waals surface area contributed by atoms with Gasteiger partial charge in [0, 0.05) is 32.7 Å². The number of halogens is 1. The number of anilines is 1. The largest absolute Gasteiger partial charge is 0.367 e. The summed E-state index contributed by atoms with van der Waals surface area (Å²) in [6.45, 7) is 9.82. The third-order valence-electron chi connectivity index (χ3n) is 4.12. The Morgan fingerprint density at radius 2 is 1.82 bits per heavy atom. The average molecular weight is 307 g/mol. The highest BCUT2D eigenvalue weighted by atomic mass is 19.1.